The molecule has 0 aromatic heterocycles. The summed E-state index contributed by atoms with van der Waals surface area (Å²) in [6.07, 6.45) is 0.660. The standard InChI is InChI=1S/C16H24O2S/c1-11(17)12-6-8-13(9-7-12)19-14-10-15(2,3)18-16(14,4)5/h6-9,11,14,17H,10H2,1-5H3. The average Bonchev–Trinajstić information content (AvgIpc) is 2.47. The second-order valence-electron chi connectivity index (χ2n) is 6.52. The molecule has 19 heavy (non-hydrogen) atoms. The van der Waals surface area contributed by atoms with Gasteiger partial charge in [-0.05, 0) is 58.7 Å². The number of thioether (sulfide) groups is 1. The molecule has 0 spiro atoms. The molecule has 3 heteroatoms. The second kappa shape index (κ2) is 5.12. The molecule has 1 aromatic rings. The summed E-state index contributed by atoms with van der Waals surface area (Å²) < 4.78 is 6.12. The molecule has 2 rings (SSSR count). The maximum atomic E-state index is 9.52. The van der Waals surface area contributed by atoms with Crippen molar-refractivity contribution in [2.24, 2.45) is 0 Å². The van der Waals surface area contributed by atoms with Crippen LogP contribution in [-0.4, -0.2) is 21.6 Å². The molecule has 1 saturated heterocycles. The van der Waals surface area contributed by atoms with Gasteiger partial charge in [0.25, 0.3) is 0 Å². The van der Waals surface area contributed by atoms with Crippen LogP contribution in [0.3, 0.4) is 0 Å². The highest BCUT2D eigenvalue weighted by Crippen LogP contribution is 2.46. The van der Waals surface area contributed by atoms with Crippen LogP contribution in [0.1, 0.15) is 52.7 Å². The van der Waals surface area contributed by atoms with Crippen molar-refractivity contribution < 1.29 is 9.84 Å². The Balaban J connectivity index is 2.09. The van der Waals surface area contributed by atoms with Crippen molar-refractivity contribution in [1.29, 1.82) is 0 Å². The third-order valence-corrected chi connectivity index (χ3v) is 5.20. The van der Waals surface area contributed by atoms with E-state index in [2.05, 4.69) is 39.8 Å². The van der Waals surface area contributed by atoms with Gasteiger partial charge in [-0.2, -0.15) is 0 Å². The van der Waals surface area contributed by atoms with Gasteiger partial charge in [-0.15, -0.1) is 11.8 Å². The number of hydrogen-bond acceptors (Lipinski definition) is 3. The predicted molar refractivity (Wildman–Crippen MR) is 80.6 cm³/mol. The van der Waals surface area contributed by atoms with E-state index in [9.17, 15) is 5.11 Å². The molecule has 2 unspecified atom stereocenters. The quantitative estimate of drug-likeness (QED) is 0.900. The van der Waals surface area contributed by atoms with E-state index in [1.54, 1.807) is 6.92 Å². The SMILES string of the molecule is CC(O)c1ccc(SC2CC(C)(C)OC2(C)C)cc1. The first-order chi connectivity index (χ1) is 8.70. The summed E-state index contributed by atoms with van der Waals surface area (Å²) in [6, 6.07) is 8.18. The van der Waals surface area contributed by atoms with Crippen molar-refractivity contribution in [3.8, 4) is 0 Å². The van der Waals surface area contributed by atoms with Crippen LogP contribution >= 0.6 is 11.8 Å². The Morgan fingerprint density at radius 3 is 2.21 bits per heavy atom. The summed E-state index contributed by atoms with van der Waals surface area (Å²) in [5, 5.41) is 9.98. The number of hydrogen-bond donors (Lipinski definition) is 1. The second-order valence-corrected chi connectivity index (χ2v) is 7.80. The van der Waals surface area contributed by atoms with Crippen LogP contribution in [0.5, 0.6) is 0 Å². The summed E-state index contributed by atoms with van der Waals surface area (Å²) in [7, 11) is 0. The molecule has 0 aliphatic carbocycles. The minimum absolute atomic E-state index is 0.0410. The molecule has 106 valence electrons. The molecule has 1 aliphatic heterocycles. The van der Waals surface area contributed by atoms with Gasteiger partial charge in [-0.3, -0.25) is 0 Å². The van der Waals surface area contributed by atoms with Gasteiger partial charge in [-0.1, -0.05) is 12.1 Å². The zero-order chi connectivity index (χ0) is 14.3. The summed E-state index contributed by atoms with van der Waals surface area (Å²) in [6.45, 7) is 10.4. The van der Waals surface area contributed by atoms with Crippen molar-refractivity contribution in [2.75, 3.05) is 0 Å². The van der Waals surface area contributed by atoms with Gasteiger partial charge in [0.05, 0.1) is 17.3 Å². The topological polar surface area (TPSA) is 29.5 Å². The van der Waals surface area contributed by atoms with Gasteiger partial charge >= 0.3 is 0 Å². The Bertz CT molecular complexity index is 435. The minimum Gasteiger partial charge on any atom is -0.389 e. The van der Waals surface area contributed by atoms with E-state index >= 15 is 0 Å². The van der Waals surface area contributed by atoms with E-state index in [-0.39, 0.29) is 11.2 Å². The Hall–Kier alpha value is -0.510. The van der Waals surface area contributed by atoms with Gasteiger partial charge in [0.2, 0.25) is 0 Å². The summed E-state index contributed by atoms with van der Waals surface area (Å²) in [5.74, 6) is 0. The average molecular weight is 280 g/mol. The first-order valence-electron chi connectivity index (χ1n) is 6.84. The van der Waals surface area contributed by atoms with Gasteiger partial charge in [0, 0.05) is 10.1 Å². The first-order valence-corrected chi connectivity index (χ1v) is 7.72. The highest BCUT2D eigenvalue weighted by Gasteiger charge is 2.46. The number of ether oxygens (including phenoxy) is 1. The number of rotatable bonds is 3. The summed E-state index contributed by atoms with van der Waals surface area (Å²) in [4.78, 5) is 1.24. The lowest BCUT2D eigenvalue weighted by molar-refractivity contribution is -0.0631. The van der Waals surface area contributed by atoms with Crippen LogP contribution in [0.4, 0.5) is 0 Å². The number of aliphatic hydroxyl groups is 1. The summed E-state index contributed by atoms with van der Waals surface area (Å²) in [5.41, 5.74) is 0.823. The lowest BCUT2D eigenvalue weighted by atomic mass is 10.0. The van der Waals surface area contributed by atoms with E-state index < -0.39 is 6.10 Å². The molecule has 1 heterocycles. The Morgan fingerprint density at radius 1 is 1.21 bits per heavy atom. The zero-order valence-corrected chi connectivity index (χ0v) is 13.3. The Morgan fingerprint density at radius 2 is 1.79 bits per heavy atom. The van der Waals surface area contributed by atoms with Crippen LogP contribution in [-0.2, 0) is 4.74 Å². The molecule has 2 nitrogen and oxygen atoms in total. The molecular weight excluding hydrogens is 256 g/mol. The van der Waals surface area contributed by atoms with Gasteiger partial charge in [-0.25, -0.2) is 0 Å². The third-order valence-electron chi connectivity index (χ3n) is 3.63. The van der Waals surface area contributed by atoms with Crippen molar-refractivity contribution in [3.63, 3.8) is 0 Å². The fraction of sp³-hybridized carbons (Fsp3) is 0.625. The van der Waals surface area contributed by atoms with Gasteiger partial charge < -0.3 is 9.84 Å². The highest BCUT2D eigenvalue weighted by atomic mass is 32.2. The molecule has 0 saturated carbocycles. The molecule has 2 atom stereocenters. The lowest BCUT2D eigenvalue weighted by Crippen LogP contribution is -2.30. The smallest absolute Gasteiger partial charge is 0.0761 e. The molecular formula is C16H24O2S. The van der Waals surface area contributed by atoms with Crippen molar-refractivity contribution in [3.05, 3.63) is 29.8 Å². The van der Waals surface area contributed by atoms with Crippen molar-refractivity contribution >= 4 is 11.8 Å². The molecule has 1 N–H and O–H groups in total. The molecule has 0 amide bonds. The fourth-order valence-corrected chi connectivity index (χ4v) is 4.12. The van der Waals surface area contributed by atoms with E-state index in [1.165, 1.54) is 4.90 Å². The van der Waals surface area contributed by atoms with Crippen LogP contribution in [0.2, 0.25) is 0 Å². The van der Waals surface area contributed by atoms with Crippen molar-refractivity contribution in [2.45, 2.75) is 68.5 Å². The largest absolute Gasteiger partial charge is 0.389 e. The predicted octanol–water partition coefficient (Wildman–Crippen LogP) is 4.18. The van der Waals surface area contributed by atoms with Gasteiger partial charge in [0.15, 0.2) is 0 Å². The Kier molecular flexibility index (Phi) is 4.01. The van der Waals surface area contributed by atoms with Crippen LogP contribution in [0.15, 0.2) is 29.2 Å². The number of benzene rings is 1. The Labute approximate surface area is 120 Å². The number of aliphatic hydroxyl groups excluding tert-OH is 1. The fourth-order valence-electron chi connectivity index (χ4n) is 2.68. The molecule has 0 radical (unpaired) electrons. The van der Waals surface area contributed by atoms with Crippen LogP contribution < -0.4 is 0 Å². The third kappa shape index (κ3) is 3.53. The highest BCUT2D eigenvalue weighted by molar-refractivity contribution is 8.00. The molecule has 1 aliphatic rings. The maximum Gasteiger partial charge on any atom is 0.0761 e. The van der Waals surface area contributed by atoms with Crippen LogP contribution in [0.25, 0.3) is 0 Å². The molecule has 0 bridgehead atoms. The maximum absolute atomic E-state index is 9.52. The molecule has 1 aromatic carbocycles. The normalized spacial score (nSPS) is 26.3. The van der Waals surface area contributed by atoms with Gasteiger partial charge in [0.1, 0.15) is 0 Å². The molecule has 1 fully saturated rings. The van der Waals surface area contributed by atoms with E-state index in [1.807, 2.05) is 23.9 Å². The lowest BCUT2D eigenvalue weighted by Gasteiger charge is -2.27. The van der Waals surface area contributed by atoms with Crippen molar-refractivity contribution in [1.82, 2.24) is 0 Å². The summed E-state index contributed by atoms with van der Waals surface area (Å²) >= 11 is 1.87. The van der Waals surface area contributed by atoms with E-state index in [0.717, 1.165) is 12.0 Å². The zero-order valence-electron chi connectivity index (χ0n) is 12.4. The van der Waals surface area contributed by atoms with Crippen LogP contribution in [0, 0.1) is 0 Å². The first kappa shape index (κ1) is 14.9. The van der Waals surface area contributed by atoms with E-state index in [4.69, 9.17) is 4.74 Å². The van der Waals surface area contributed by atoms with E-state index in [0.29, 0.717) is 5.25 Å². The monoisotopic (exact) mass is 280 g/mol. The minimum atomic E-state index is -0.399.